The first-order valence-electron chi connectivity index (χ1n) is 7.58. The predicted molar refractivity (Wildman–Crippen MR) is 84.3 cm³/mol. The summed E-state index contributed by atoms with van der Waals surface area (Å²) in [4.78, 5) is 12.6. The maximum atomic E-state index is 12.6. The highest BCUT2D eigenvalue weighted by atomic mass is 16.5. The normalized spacial score (nSPS) is 19.7. The summed E-state index contributed by atoms with van der Waals surface area (Å²) in [5, 5.41) is 2.97. The highest BCUT2D eigenvalue weighted by Crippen LogP contribution is 2.47. The highest BCUT2D eigenvalue weighted by molar-refractivity contribution is 5.99. The minimum Gasteiger partial charge on any atom is -0.356 e. The molecule has 3 nitrogen and oxygen atoms in total. The van der Waals surface area contributed by atoms with Gasteiger partial charge in [-0.15, -0.1) is 0 Å². The summed E-state index contributed by atoms with van der Waals surface area (Å²) in [6.45, 7) is 1.22. The number of carbonyl (C=O) groups is 1. The number of benzene rings is 2. The van der Waals surface area contributed by atoms with E-state index in [1.165, 1.54) is 0 Å². The van der Waals surface area contributed by atoms with Gasteiger partial charge in [0, 0.05) is 6.54 Å². The van der Waals surface area contributed by atoms with E-state index in [1.54, 1.807) is 0 Å². The molecule has 0 bridgehead atoms. The largest absolute Gasteiger partial charge is 0.356 e. The molecule has 0 saturated carbocycles. The Kier molecular flexibility index (Phi) is 3.09. The molecular weight excluding hydrogens is 274 g/mol. The molecule has 0 aliphatic carbocycles. The standard InChI is InChI=1S/C19H17NO2/c21-18-17-14(11-12-20-18)13-22-19(17,15-7-3-1-4-8-15)16-9-5-2-6-10-16/h1-10H,11-13H2,(H,20,21). The Morgan fingerprint density at radius 1 is 0.909 bits per heavy atom. The fraction of sp³-hybridized carbons (Fsp3) is 0.211. The van der Waals surface area contributed by atoms with Crippen molar-refractivity contribution in [3.05, 3.63) is 82.9 Å². The fourth-order valence-electron chi connectivity index (χ4n) is 3.49. The summed E-state index contributed by atoms with van der Waals surface area (Å²) >= 11 is 0. The summed E-state index contributed by atoms with van der Waals surface area (Å²) in [7, 11) is 0. The molecule has 1 amide bonds. The molecule has 0 unspecified atom stereocenters. The Balaban J connectivity index is 1.99. The predicted octanol–water partition coefficient (Wildman–Crippen LogP) is 2.78. The van der Waals surface area contributed by atoms with Crippen LogP contribution in [0.3, 0.4) is 0 Å². The Hall–Kier alpha value is -2.39. The van der Waals surface area contributed by atoms with Crippen molar-refractivity contribution in [3.63, 3.8) is 0 Å². The van der Waals surface area contributed by atoms with Crippen molar-refractivity contribution >= 4 is 5.91 Å². The van der Waals surface area contributed by atoms with Gasteiger partial charge in [-0.1, -0.05) is 60.7 Å². The summed E-state index contributed by atoms with van der Waals surface area (Å²) < 4.78 is 6.30. The van der Waals surface area contributed by atoms with Gasteiger partial charge in [0.1, 0.15) is 5.60 Å². The molecule has 2 aromatic carbocycles. The monoisotopic (exact) mass is 291 g/mol. The molecule has 0 radical (unpaired) electrons. The van der Waals surface area contributed by atoms with Crippen LogP contribution in [0.4, 0.5) is 0 Å². The van der Waals surface area contributed by atoms with E-state index >= 15 is 0 Å². The molecule has 22 heavy (non-hydrogen) atoms. The third-order valence-corrected chi connectivity index (χ3v) is 4.47. The van der Waals surface area contributed by atoms with Gasteiger partial charge < -0.3 is 10.1 Å². The molecule has 0 aromatic heterocycles. The Labute approximate surface area is 129 Å². The van der Waals surface area contributed by atoms with Crippen LogP contribution in [0.25, 0.3) is 0 Å². The number of rotatable bonds is 2. The highest BCUT2D eigenvalue weighted by Gasteiger charge is 2.49. The molecule has 0 fully saturated rings. The van der Waals surface area contributed by atoms with E-state index < -0.39 is 5.60 Å². The zero-order valence-electron chi connectivity index (χ0n) is 12.2. The molecule has 2 aliphatic rings. The molecule has 0 spiro atoms. The van der Waals surface area contributed by atoms with Crippen LogP contribution in [-0.2, 0) is 15.1 Å². The second kappa shape index (κ2) is 5.11. The number of carbonyl (C=O) groups excluding carboxylic acids is 1. The van der Waals surface area contributed by atoms with Crippen LogP contribution in [0.2, 0.25) is 0 Å². The first-order valence-corrected chi connectivity index (χ1v) is 7.58. The van der Waals surface area contributed by atoms with Crippen LogP contribution in [0, 0.1) is 0 Å². The van der Waals surface area contributed by atoms with Crippen molar-refractivity contribution < 1.29 is 9.53 Å². The van der Waals surface area contributed by atoms with Gasteiger partial charge >= 0.3 is 0 Å². The lowest BCUT2D eigenvalue weighted by molar-refractivity contribution is -0.119. The zero-order chi connectivity index (χ0) is 15.0. The Morgan fingerprint density at radius 3 is 2.09 bits per heavy atom. The van der Waals surface area contributed by atoms with E-state index in [9.17, 15) is 4.79 Å². The van der Waals surface area contributed by atoms with E-state index in [0.29, 0.717) is 13.2 Å². The average Bonchev–Trinajstić information content (AvgIpc) is 2.99. The smallest absolute Gasteiger partial charge is 0.250 e. The van der Waals surface area contributed by atoms with Crippen molar-refractivity contribution in [2.24, 2.45) is 0 Å². The van der Waals surface area contributed by atoms with Gasteiger partial charge in [0.2, 0.25) is 0 Å². The van der Waals surface area contributed by atoms with E-state index in [0.717, 1.165) is 28.7 Å². The van der Waals surface area contributed by atoms with Gasteiger partial charge in [-0.3, -0.25) is 4.79 Å². The van der Waals surface area contributed by atoms with Crippen LogP contribution < -0.4 is 5.32 Å². The lowest BCUT2D eigenvalue weighted by atomic mass is 9.78. The number of hydrogen-bond donors (Lipinski definition) is 1. The van der Waals surface area contributed by atoms with E-state index in [1.807, 2.05) is 60.7 Å². The number of nitrogens with one attached hydrogen (secondary N) is 1. The second-order valence-electron chi connectivity index (χ2n) is 5.69. The SMILES string of the molecule is O=C1NCCC2=C1C(c1ccccc1)(c1ccccc1)OC2. The molecule has 0 atom stereocenters. The summed E-state index contributed by atoms with van der Waals surface area (Å²) in [5.41, 5.74) is 3.11. The van der Waals surface area contributed by atoms with Gasteiger partial charge in [0.25, 0.3) is 5.91 Å². The van der Waals surface area contributed by atoms with E-state index in [4.69, 9.17) is 4.74 Å². The third-order valence-electron chi connectivity index (χ3n) is 4.47. The van der Waals surface area contributed by atoms with Gasteiger partial charge in [0.15, 0.2) is 0 Å². The van der Waals surface area contributed by atoms with Crippen molar-refractivity contribution in [1.29, 1.82) is 0 Å². The lowest BCUT2D eigenvalue weighted by Gasteiger charge is -2.33. The van der Waals surface area contributed by atoms with Crippen LogP contribution in [0.15, 0.2) is 71.8 Å². The van der Waals surface area contributed by atoms with Crippen LogP contribution in [0.5, 0.6) is 0 Å². The number of hydrogen-bond acceptors (Lipinski definition) is 2. The van der Waals surface area contributed by atoms with Crippen molar-refractivity contribution in [2.45, 2.75) is 12.0 Å². The third kappa shape index (κ3) is 1.82. The molecule has 4 rings (SSSR count). The average molecular weight is 291 g/mol. The molecule has 0 saturated heterocycles. The minimum atomic E-state index is -0.789. The van der Waals surface area contributed by atoms with Crippen LogP contribution in [-0.4, -0.2) is 19.1 Å². The Morgan fingerprint density at radius 2 is 1.50 bits per heavy atom. The lowest BCUT2D eigenvalue weighted by Crippen LogP contribution is -2.40. The molecule has 1 N–H and O–H groups in total. The first kappa shape index (κ1) is 13.3. The Bertz CT molecular complexity index is 695. The van der Waals surface area contributed by atoms with Gasteiger partial charge in [-0.05, 0) is 23.1 Å². The molecule has 110 valence electrons. The molecular formula is C19H17NO2. The summed E-state index contributed by atoms with van der Waals surface area (Å²) in [5.74, 6) is -0.00791. The molecule has 2 heterocycles. The van der Waals surface area contributed by atoms with Crippen molar-refractivity contribution in [1.82, 2.24) is 5.32 Å². The van der Waals surface area contributed by atoms with Crippen LogP contribution >= 0.6 is 0 Å². The van der Waals surface area contributed by atoms with Gasteiger partial charge in [-0.2, -0.15) is 0 Å². The molecule has 2 aliphatic heterocycles. The minimum absolute atomic E-state index is 0.00791. The first-order chi connectivity index (χ1) is 10.8. The topological polar surface area (TPSA) is 38.3 Å². The van der Waals surface area contributed by atoms with Crippen LogP contribution in [0.1, 0.15) is 17.5 Å². The zero-order valence-corrected chi connectivity index (χ0v) is 12.2. The fourth-order valence-corrected chi connectivity index (χ4v) is 3.49. The van der Waals surface area contributed by atoms with Gasteiger partial charge in [0.05, 0.1) is 12.2 Å². The molecule has 3 heteroatoms. The second-order valence-corrected chi connectivity index (χ2v) is 5.69. The quantitative estimate of drug-likeness (QED) is 0.924. The maximum Gasteiger partial charge on any atom is 0.250 e. The molecule has 2 aromatic rings. The number of ether oxygens (including phenoxy) is 1. The number of amides is 1. The summed E-state index contributed by atoms with van der Waals surface area (Å²) in [6, 6.07) is 20.0. The van der Waals surface area contributed by atoms with E-state index in [2.05, 4.69) is 5.32 Å². The van der Waals surface area contributed by atoms with Crippen molar-refractivity contribution in [2.75, 3.05) is 13.2 Å². The van der Waals surface area contributed by atoms with E-state index in [-0.39, 0.29) is 5.91 Å². The van der Waals surface area contributed by atoms with Crippen molar-refractivity contribution in [3.8, 4) is 0 Å². The maximum absolute atomic E-state index is 12.6. The van der Waals surface area contributed by atoms with Gasteiger partial charge in [-0.25, -0.2) is 0 Å². The summed E-state index contributed by atoms with van der Waals surface area (Å²) in [6.07, 6.45) is 0.864.